The molecule has 0 bridgehead atoms. The van der Waals surface area contributed by atoms with Crippen molar-refractivity contribution in [3.05, 3.63) is 24.3 Å². The number of hydrogen-bond acceptors (Lipinski definition) is 7. The van der Waals surface area contributed by atoms with Crippen molar-refractivity contribution >= 4 is 11.6 Å². The van der Waals surface area contributed by atoms with Crippen LogP contribution < -0.4 is 10.1 Å². The Labute approximate surface area is 196 Å². The van der Waals surface area contributed by atoms with Gasteiger partial charge in [0.2, 0.25) is 0 Å². The van der Waals surface area contributed by atoms with Gasteiger partial charge in [0, 0.05) is 5.69 Å². The van der Waals surface area contributed by atoms with E-state index in [0.717, 1.165) is 12.2 Å². The van der Waals surface area contributed by atoms with Crippen LogP contribution in [0.3, 0.4) is 0 Å². The summed E-state index contributed by atoms with van der Waals surface area (Å²) in [7, 11) is 0. The van der Waals surface area contributed by atoms with Crippen LogP contribution in [0.4, 0.5) is 5.69 Å². The normalized spacial score (nSPS) is 31.6. The second-order valence-corrected chi connectivity index (χ2v) is 9.87. The number of amides is 1. The van der Waals surface area contributed by atoms with E-state index in [4.69, 9.17) is 28.4 Å². The SMILES string of the molecule is CCCCCCCOc1ccc(NC(=O)[C@H]2O[C@H]3OC(C)(C)O[C@@H]3[C@H]3OC(C)(C)O[C@@H]32)cc1. The number of carbonyl (C=O) groups excluding carboxylic acids is 1. The molecule has 3 saturated heterocycles. The third-order valence-electron chi connectivity index (χ3n) is 6.05. The van der Waals surface area contributed by atoms with Gasteiger partial charge in [-0.25, -0.2) is 0 Å². The summed E-state index contributed by atoms with van der Waals surface area (Å²) in [4.78, 5) is 13.2. The summed E-state index contributed by atoms with van der Waals surface area (Å²) in [6.07, 6.45) is 2.85. The molecule has 5 atom stereocenters. The fraction of sp³-hybridized carbons (Fsp3) is 0.720. The molecule has 3 fully saturated rings. The van der Waals surface area contributed by atoms with Crippen LogP contribution in [0.1, 0.15) is 66.7 Å². The van der Waals surface area contributed by atoms with Crippen molar-refractivity contribution in [2.24, 2.45) is 0 Å². The highest BCUT2D eigenvalue weighted by atomic mass is 16.9. The molecule has 3 aliphatic heterocycles. The Hall–Kier alpha value is -1.71. The van der Waals surface area contributed by atoms with Gasteiger partial charge in [-0.05, 0) is 58.4 Å². The van der Waals surface area contributed by atoms with Crippen molar-refractivity contribution < 1.29 is 33.2 Å². The Morgan fingerprint density at radius 3 is 2.24 bits per heavy atom. The molecule has 8 heteroatoms. The largest absolute Gasteiger partial charge is 0.494 e. The minimum atomic E-state index is -0.894. The van der Waals surface area contributed by atoms with Crippen LogP contribution in [-0.2, 0) is 28.5 Å². The first-order valence-electron chi connectivity index (χ1n) is 12.1. The molecule has 1 amide bonds. The molecule has 3 aliphatic rings. The molecule has 0 radical (unpaired) electrons. The highest BCUT2D eigenvalue weighted by Crippen LogP contribution is 2.44. The first-order valence-corrected chi connectivity index (χ1v) is 12.1. The van der Waals surface area contributed by atoms with E-state index in [2.05, 4.69) is 12.2 Å². The summed E-state index contributed by atoms with van der Waals surface area (Å²) in [5.41, 5.74) is 0.652. The number of carbonyl (C=O) groups is 1. The molecule has 33 heavy (non-hydrogen) atoms. The van der Waals surface area contributed by atoms with Crippen LogP contribution in [0.5, 0.6) is 5.75 Å². The average Bonchev–Trinajstić information content (AvgIpc) is 3.24. The summed E-state index contributed by atoms with van der Waals surface area (Å²) in [6.45, 7) is 10.2. The second-order valence-electron chi connectivity index (χ2n) is 9.87. The number of ether oxygens (including phenoxy) is 6. The second kappa shape index (κ2) is 9.88. The number of fused-ring (bicyclic) bond motifs is 3. The van der Waals surface area contributed by atoms with E-state index in [1.807, 2.05) is 52.0 Å². The molecule has 0 aliphatic carbocycles. The number of unbranched alkanes of at least 4 members (excludes halogenated alkanes) is 4. The lowest BCUT2D eigenvalue weighted by Gasteiger charge is -2.36. The highest BCUT2D eigenvalue weighted by molar-refractivity contribution is 5.94. The molecule has 1 aromatic carbocycles. The Balaban J connectivity index is 1.35. The molecule has 0 unspecified atom stereocenters. The van der Waals surface area contributed by atoms with E-state index in [1.165, 1.54) is 25.7 Å². The maximum absolute atomic E-state index is 13.2. The van der Waals surface area contributed by atoms with Crippen LogP contribution >= 0.6 is 0 Å². The van der Waals surface area contributed by atoms with Crippen molar-refractivity contribution in [1.82, 2.24) is 0 Å². The monoisotopic (exact) mass is 463 g/mol. The van der Waals surface area contributed by atoms with E-state index in [0.29, 0.717) is 12.3 Å². The zero-order chi connectivity index (χ0) is 23.6. The van der Waals surface area contributed by atoms with Crippen molar-refractivity contribution in [3.8, 4) is 5.75 Å². The Bertz CT molecular complexity index is 809. The van der Waals surface area contributed by atoms with Gasteiger partial charge in [-0.15, -0.1) is 0 Å². The summed E-state index contributed by atoms with van der Waals surface area (Å²) >= 11 is 0. The predicted octanol–water partition coefficient (Wildman–Crippen LogP) is 4.37. The van der Waals surface area contributed by atoms with Gasteiger partial charge in [0.1, 0.15) is 24.1 Å². The number of nitrogens with one attached hydrogen (secondary N) is 1. The Morgan fingerprint density at radius 2 is 1.52 bits per heavy atom. The number of rotatable bonds is 9. The zero-order valence-corrected chi connectivity index (χ0v) is 20.3. The van der Waals surface area contributed by atoms with Crippen molar-refractivity contribution in [1.29, 1.82) is 0 Å². The van der Waals surface area contributed by atoms with Crippen molar-refractivity contribution in [2.75, 3.05) is 11.9 Å². The van der Waals surface area contributed by atoms with Gasteiger partial charge >= 0.3 is 0 Å². The molecule has 184 valence electrons. The summed E-state index contributed by atoms with van der Waals surface area (Å²) in [5, 5.41) is 2.92. The first kappa shape index (κ1) is 24.4. The molecule has 0 aromatic heterocycles. The van der Waals surface area contributed by atoms with E-state index in [-0.39, 0.29) is 5.91 Å². The van der Waals surface area contributed by atoms with Gasteiger partial charge in [-0.3, -0.25) is 4.79 Å². The quantitative estimate of drug-likeness (QED) is 0.544. The lowest BCUT2D eigenvalue weighted by Crippen LogP contribution is -2.58. The van der Waals surface area contributed by atoms with Crippen molar-refractivity contribution in [2.45, 2.75) is 109 Å². The number of hydrogen-bond donors (Lipinski definition) is 1. The molecule has 4 rings (SSSR count). The minimum absolute atomic E-state index is 0.317. The van der Waals surface area contributed by atoms with E-state index in [9.17, 15) is 4.79 Å². The van der Waals surface area contributed by atoms with Crippen LogP contribution in [0, 0.1) is 0 Å². The third kappa shape index (κ3) is 5.87. The molecule has 0 saturated carbocycles. The standard InChI is InChI=1S/C25H37NO7/c1-6-7-8-9-10-15-28-17-13-11-16(12-14-17)26-22(27)20-18-19(31-24(2,3)30-18)21-23(29-20)33-25(4,5)32-21/h11-14,18-21,23H,6-10,15H2,1-5H3,(H,26,27)/t18-,19-,20-,21+,23-/m0/s1. The maximum atomic E-state index is 13.2. The highest BCUT2D eigenvalue weighted by Gasteiger charge is 2.62. The topological polar surface area (TPSA) is 84.5 Å². The van der Waals surface area contributed by atoms with Crippen LogP contribution in [0.15, 0.2) is 24.3 Å². The van der Waals surface area contributed by atoms with Gasteiger partial charge in [-0.2, -0.15) is 0 Å². The van der Waals surface area contributed by atoms with Gasteiger partial charge in [0.05, 0.1) is 6.61 Å². The van der Waals surface area contributed by atoms with Crippen molar-refractivity contribution in [3.63, 3.8) is 0 Å². The zero-order valence-electron chi connectivity index (χ0n) is 20.3. The Kier molecular flexibility index (Phi) is 7.31. The number of anilines is 1. The van der Waals surface area contributed by atoms with Gasteiger partial charge in [0.15, 0.2) is 24.0 Å². The summed E-state index contributed by atoms with van der Waals surface area (Å²) < 4.78 is 35.8. The van der Waals surface area contributed by atoms with E-state index in [1.54, 1.807) is 0 Å². The minimum Gasteiger partial charge on any atom is -0.494 e. The average molecular weight is 464 g/mol. The Morgan fingerprint density at radius 1 is 0.879 bits per heavy atom. The predicted molar refractivity (Wildman–Crippen MR) is 122 cm³/mol. The molecule has 8 nitrogen and oxygen atoms in total. The molecule has 1 N–H and O–H groups in total. The fourth-order valence-corrected chi connectivity index (χ4v) is 4.57. The molecular formula is C25H37NO7. The van der Waals surface area contributed by atoms with Crippen LogP contribution in [0.25, 0.3) is 0 Å². The number of benzene rings is 1. The molecular weight excluding hydrogens is 426 g/mol. The molecule has 0 spiro atoms. The third-order valence-corrected chi connectivity index (χ3v) is 6.05. The van der Waals surface area contributed by atoms with Crippen LogP contribution in [0.2, 0.25) is 0 Å². The summed E-state index contributed by atoms with van der Waals surface area (Å²) in [6, 6.07) is 7.36. The lowest BCUT2D eigenvalue weighted by atomic mass is 9.98. The van der Waals surface area contributed by atoms with Gasteiger partial charge < -0.3 is 33.7 Å². The fourth-order valence-electron chi connectivity index (χ4n) is 4.57. The van der Waals surface area contributed by atoms with Gasteiger partial charge in [0.25, 0.3) is 5.91 Å². The maximum Gasteiger partial charge on any atom is 0.256 e. The van der Waals surface area contributed by atoms with E-state index < -0.39 is 42.3 Å². The molecule has 3 heterocycles. The first-order chi connectivity index (χ1) is 15.7. The van der Waals surface area contributed by atoms with E-state index >= 15 is 0 Å². The summed E-state index contributed by atoms with van der Waals surface area (Å²) in [5.74, 6) is -1.21. The smallest absolute Gasteiger partial charge is 0.256 e. The molecule has 1 aromatic rings. The van der Waals surface area contributed by atoms with Crippen LogP contribution in [-0.4, -0.2) is 54.8 Å². The van der Waals surface area contributed by atoms with Gasteiger partial charge in [-0.1, -0.05) is 32.6 Å². The lowest BCUT2D eigenvalue weighted by molar-refractivity contribution is -0.229.